The number of aromatic nitrogens is 1. The van der Waals surface area contributed by atoms with Crippen LogP contribution in [0.15, 0.2) is 42.5 Å². The van der Waals surface area contributed by atoms with Crippen LogP contribution in [-0.2, 0) is 12.8 Å². The van der Waals surface area contributed by atoms with Crippen LogP contribution in [0.3, 0.4) is 0 Å². The van der Waals surface area contributed by atoms with Gasteiger partial charge in [0.2, 0.25) is 0 Å². The van der Waals surface area contributed by atoms with E-state index in [-0.39, 0.29) is 0 Å². The van der Waals surface area contributed by atoms with Crippen molar-refractivity contribution in [1.82, 2.24) is 15.6 Å². The molecule has 4 nitrogen and oxygen atoms in total. The zero-order valence-electron chi connectivity index (χ0n) is 20.7. The van der Waals surface area contributed by atoms with E-state index in [2.05, 4.69) is 84.3 Å². The Morgan fingerprint density at radius 3 is 2.36 bits per heavy atom. The molecule has 0 radical (unpaired) electrons. The first kappa shape index (κ1) is 24.6. The van der Waals surface area contributed by atoms with E-state index in [4.69, 9.17) is 4.98 Å². The molecule has 0 atom stereocenters. The Bertz CT molecular complexity index is 1070. The average Bonchev–Trinajstić information content (AvgIpc) is 3.39. The van der Waals surface area contributed by atoms with E-state index in [9.17, 15) is 0 Å². The lowest BCUT2D eigenvalue weighted by molar-refractivity contribution is 0.725. The fourth-order valence-electron chi connectivity index (χ4n) is 4.47. The van der Waals surface area contributed by atoms with E-state index in [1.165, 1.54) is 52.6 Å². The Labute approximate surface area is 199 Å². The monoisotopic (exact) mass is 442 g/mol. The fraction of sp³-hybridized carbons (Fsp3) is 0.414. The molecule has 0 aliphatic carbocycles. The maximum absolute atomic E-state index is 5.10. The molecule has 0 spiro atoms. The van der Waals surface area contributed by atoms with Crippen LogP contribution in [0.2, 0.25) is 0 Å². The molecule has 0 unspecified atom stereocenters. The van der Waals surface area contributed by atoms with Crippen LogP contribution in [0.25, 0.3) is 22.2 Å². The highest BCUT2D eigenvalue weighted by atomic mass is 15.1. The topological polar surface area (TPSA) is 40.2 Å². The Kier molecular flexibility index (Phi) is 9.15. The van der Waals surface area contributed by atoms with Crippen molar-refractivity contribution in [1.29, 1.82) is 0 Å². The minimum Gasteiger partial charge on any atom is -0.371 e. The number of anilines is 1. The largest absolute Gasteiger partial charge is 0.371 e. The van der Waals surface area contributed by atoms with Crippen LogP contribution in [0.4, 0.5) is 5.69 Å². The normalized spacial score (nSPS) is 12.9. The maximum Gasteiger partial charge on any atom is 0.0733 e. The predicted octanol–water partition coefficient (Wildman–Crippen LogP) is 5.32. The summed E-state index contributed by atoms with van der Waals surface area (Å²) in [6.07, 6.45) is 10.6. The van der Waals surface area contributed by atoms with Crippen LogP contribution in [0.1, 0.15) is 42.9 Å². The molecule has 3 aromatic rings. The summed E-state index contributed by atoms with van der Waals surface area (Å²) in [5.41, 5.74) is 8.95. The van der Waals surface area contributed by atoms with Gasteiger partial charge in [0.25, 0.3) is 0 Å². The van der Waals surface area contributed by atoms with Crippen LogP contribution in [0.5, 0.6) is 0 Å². The van der Waals surface area contributed by atoms with Crippen molar-refractivity contribution in [2.24, 2.45) is 0 Å². The van der Waals surface area contributed by atoms with Gasteiger partial charge in [0.15, 0.2) is 0 Å². The molecule has 174 valence electrons. The van der Waals surface area contributed by atoms with E-state index in [0.717, 1.165) is 43.7 Å². The molecule has 1 aliphatic rings. The van der Waals surface area contributed by atoms with E-state index >= 15 is 0 Å². The van der Waals surface area contributed by atoms with Crippen molar-refractivity contribution in [2.45, 2.75) is 46.0 Å². The standard InChI is InChI=1S/C26H33N3.C3H5N/c1-4-21-17-25-23(16-19(21)2)26(29-14-5-6-15-29)18-24(28-25)22-11-9-20(10-12-22)8-7-13-27-3;1-3-4-2/h9-12,16-18,27H,4-8,13-15H2,1-3H3;1,4H,2H3. The molecule has 1 aromatic heterocycles. The average molecular weight is 443 g/mol. The third kappa shape index (κ3) is 6.27. The number of pyridine rings is 1. The van der Waals surface area contributed by atoms with Gasteiger partial charge >= 0.3 is 0 Å². The number of hydrogen-bond donors (Lipinski definition) is 2. The van der Waals surface area contributed by atoms with E-state index in [1.54, 1.807) is 7.05 Å². The van der Waals surface area contributed by atoms with E-state index in [1.807, 2.05) is 7.05 Å². The zero-order valence-corrected chi connectivity index (χ0v) is 20.7. The molecule has 0 amide bonds. The van der Waals surface area contributed by atoms with Gasteiger partial charge in [-0.25, -0.2) is 4.98 Å². The lowest BCUT2D eigenvalue weighted by Gasteiger charge is -2.22. The SMILES string of the molecule is C#CNC.CCc1cc2nc(-c3ccc(CCCNC)cc3)cc(N3CCCC3)c2cc1C. The summed E-state index contributed by atoms with van der Waals surface area (Å²) in [5.74, 6) is 0. The molecular formula is C29H38N4. The van der Waals surface area contributed by atoms with Crippen molar-refractivity contribution >= 4 is 16.6 Å². The van der Waals surface area contributed by atoms with Gasteiger partial charge in [-0.3, -0.25) is 0 Å². The number of terminal acetylenes is 1. The minimum absolute atomic E-state index is 1.05. The highest BCUT2D eigenvalue weighted by Gasteiger charge is 2.18. The molecule has 0 saturated carbocycles. The quantitative estimate of drug-likeness (QED) is 0.295. The van der Waals surface area contributed by atoms with Crippen LogP contribution in [0, 0.1) is 19.4 Å². The Balaban J connectivity index is 0.000000709. The van der Waals surface area contributed by atoms with Crippen molar-refractivity contribution in [3.63, 3.8) is 0 Å². The highest BCUT2D eigenvalue weighted by Crippen LogP contribution is 2.34. The van der Waals surface area contributed by atoms with Gasteiger partial charge in [-0.1, -0.05) is 37.6 Å². The van der Waals surface area contributed by atoms with Crippen molar-refractivity contribution in [3.05, 3.63) is 59.2 Å². The van der Waals surface area contributed by atoms with Gasteiger partial charge in [-0.05, 0) is 87.5 Å². The first-order valence-corrected chi connectivity index (χ1v) is 12.2. The summed E-state index contributed by atoms with van der Waals surface area (Å²) in [6.45, 7) is 7.82. The Morgan fingerprint density at radius 2 is 1.76 bits per heavy atom. The first-order chi connectivity index (χ1) is 16.1. The summed E-state index contributed by atoms with van der Waals surface area (Å²) in [6, 6.07) is 18.2. The van der Waals surface area contributed by atoms with Gasteiger partial charge in [0.05, 0.1) is 11.2 Å². The molecule has 2 N–H and O–H groups in total. The molecule has 1 fully saturated rings. The Hall–Kier alpha value is -3.03. The van der Waals surface area contributed by atoms with E-state index < -0.39 is 0 Å². The third-order valence-electron chi connectivity index (χ3n) is 6.36. The molecule has 1 saturated heterocycles. The Morgan fingerprint density at radius 1 is 1.06 bits per heavy atom. The third-order valence-corrected chi connectivity index (χ3v) is 6.36. The smallest absolute Gasteiger partial charge is 0.0733 e. The number of nitrogens with one attached hydrogen (secondary N) is 2. The van der Waals surface area contributed by atoms with Crippen LogP contribution in [-0.4, -0.2) is 38.7 Å². The number of aryl methyl sites for hydroxylation is 3. The summed E-state index contributed by atoms with van der Waals surface area (Å²) in [5, 5.41) is 6.98. The lowest BCUT2D eigenvalue weighted by Crippen LogP contribution is -2.18. The van der Waals surface area contributed by atoms with Gasteiger partial charge < -0.3 is 15.5 Å². The molecule has 1 aliphatic heterocycles. The summed E-state index contributed by atoms with van der Waals surface area (Å²) >= 11 is 0. The van der Waals surface area contributed by atoms with Gasteiger partial charge in [0.1, 0.15) is 0 Å². The second-order valence-electron chi connectivity index (χ2n) is 8.67. The van der Waals surface area contributed by atoms with Gasteiger partial charge in [-0.15, -0.1) is 0 Å². The van der Waals surface area contributed by atoms with Gasteiger partial charge in [-0.2, -0.15) is 0 Å². The predicted molar refractivity (Wildman–Crippen MR) is 143 cm³/mol. The zero-order chi connectivity index (χ0) is 23.6. The molecule has 2 heterocycles. The summed E-state index contributed by atoms with van der Waals surface area (Å²) in [4.78, 5) is 7.64. The molecular weight excluding hydrogens is 404 g/mol. The summed E-state index contributed by atoms with van der Waals surface area (Å²) in [7, 11) is 3.71. The fourth-order valence-corrected chi connectivity index (χ4v) is 4.47. The number of hydrogen-bond acceptors (Lipinski definition) is 4. The molecule has 2 aromatic carbocycles. The number of nitrogens with zero attached hydrogens (tertiary/aromatic N) is 2. The molecule has 0 bridgehead atoms. The van der Waals surface area contributed by atoms with E-state index in [0.29, 0.717) is 0 Å². The highest BCUT2D eigenvalue weighted by molar-refractivity contribution is 5.95. The van der Waals surface area contributed by atoms with Crippen molar-refractivity contribution in [3.8, 4) is 23.7 Å². The van der Waals surface area contributed by atoms with Crippen LogP contribution >= 0.6 is 0 Å². The first-order valence-electron chi connectivity index (χ1n) is 12.2. The number of rotatable bonds is 7. The molecule has 4 rings (SSSR count). The molecule has 4 heteroatoms. The maximum atomic E-state index is 5.10. The lowest BCUT2D eigenvalue weighted by atomic mass is 9.99. The van der Waals surface area contributed by atoms with Crippen molar-refractivity contribution in [2.75, 3.05) is 38.6 Å². The summed E-state index contributed by atoms with van der Waals surface area (Å²) < 4.78 is 0. The second kappa shape index (κ2) is 12.3. The molecule has 33 heavy (non-hydrogen) atoms. The minimum atomic E-state index is 1.05. The second-order valence-corrected chi connectivity index (χ2v) is 8.67. The van der Waals surface area contributed by atoms with Gasteiger partial charge in [0, 0.05) is 42.8 Å². The number of fused-ring (bicyclic) bond motifs is 1. The van der Waals surface area contributed by atoms with Crippen molar-refractivity contribution < 1.29 is 0 Å². The number of benzene rings is 2. The van der Waals surface area contributed by atoms with Crippen LogP contribution < -0.4 is 15.5 Å².